The van der Waals surface area contributed by atoms with Crippen molar-refractivity contribution in [3.8, 4) is 0 Å². The van der Waals surface area contributed by atoms with Gasteiger partial charge in [0.15, 0.2) is 0 Å². The van der Waals surface area contributed by atoms with Gasteiger partial charge in [0.2, 0.25) is 0 Å². The SMILES string of the molecule is O=C(Nc1ccccc1)C(F)(F)c1ccccc1Cl. The minimum absolute atomic E-state index is 0.143. The van der Waals surface area contributed by atoms with Gasteiger partial charge in [0.1, 0.15) is 0 Å². The molecule has 2 aromatic rings. The maximum Gasteiger partial charge on any atom is 0.351 e. The van der Waals surface area contributed by atoms with Gasteiger partial charge >= 0.3 is 5.92 Å². The molecule has 0 aliphatic heterocycles. The molecule has 0 atom stereocenters. The van der Waals surface area contributed by atoms with Crippen LogP contribution in [-0.4, -0.2) is 5.91 Å². The van der Waals surface area contributed by atoms with Crippen molar-refractivity contribution in [2.45, 2.75) is 5.92 Å². The highest BCUT2D eigenvalue weighted by molar-refractivity contribution is 6.31. The largest absolute Gasteiger partial charge is 0.351 e. The Bertz CT molecular complexity index is 587. The summed E-state index contributed by atoms with van der Waals surface area (Å²) >= 11 is 5.70. The van der Waals surface area contributed by atoms with Crippen molar-refractivity contribution in [3.05, 3.63) is 65.2 Å². The number of nitrogens with one attached hydrogen (secondary N) is 1. The van der Waals surface area contributed by atoms with Crippen molar-refractivity contribution in [2.24, 2.45) is 0 Å². The molecule has 0 fully saturated rings. The van der Waals surface area contributed by atoms with Crippen LogP contribution in [0.2, 0.25) is 5.02 Å². The lowest BCUT2D eigenvalue weighted by Crippen LogP contribution is -2.32. The van der Waals surface area contributed by atoms with Crippen LogP contribution in [-0.2, 0) is 10.7 Å². The molecule has 0 radical (unpaired) electrons. The van der Waals surface area contributed by atoms with Crippen LogP contribution in [0.5, 0.6) is 0 Å². The van der Waals surface area contributed by atoms with Gasteiger partial charge in [0.25, 0.3) is 5.91 Å². The van der Waals surface area contributed by atoms with E-state index in [0.717, 1.165) is 6.07 Å². The molecule has 2 rings (SSSR count). The number of anilines is 1. The molecule has 0 saturated carbocycles. The zero-order chi connectivity index (χ0) is 13.9. The van der Waals surface area contributed by atoms with E-state index in [9.17, 15) is 13.6 Å². The van der Waals surface area contributed by atoms with Gasteiger partial charge in [-0.25, -0.2) is 0 Å². The second-order valence-corrected chi connectivity index (χ2v) is 4.28. The Labute approximate surface area is 114 Å². The average molecular weight is 282 g/mol. The Morgan fingerprint density at radius 1 is 1.00 bits per heavy atom. The molecule has 5 heteroatoms. The Balaban J connectivity index is 2.25. The van der Waals surface area contributed by atoms with E-state index < -0.39 is 17.4 Å². The number of halogens is 3. The smallest absolute Gasteiger partial charge is 0.321 e. The van der Waals surface area contributed by atoms with E-state index >= 15 is 0 Å². The second-order valence-electron chi connectivity index (χ2n) is 3.87. The molecule has 0 aliphatic carbocycles. The molecule has 1 N–H and O–H groups in total. The minimum atomic E-state index is -3.69. The molecule has 2 aromatic carbocycles. The predicted molar refractivity (Wildman–Crippen MR) is 70.4 cm³/mol. The molecule has 0 saturated heterocycles. The fourth-order valence-corrected chi connectivity index (χ4v) is 1.82. The lowest BCUT2D eigenvalue weighted by molar-refractivity contribution is -0.140. The molecule has 1 amide bonds. The van der Waals surface area contributed by atoms with Gasteiger partial charge < -0.3 is 5.32 Å². The summed E-state index contributed by atoms with van der Waals surface area (Å²) in [6.45, 7) is 0. The summed E-state index contributed by atoms with van der Waals surface area (Å²) in [6, 6.07) is 13.4. The van der Waals surface area contributed by atoms with Gasteiger partial charge in [-0.05, 0) is 18.2 Å². The fraction of sp³-hybridized carbons (Fsp3) is 0.0714. The highest BCUT2D eigenvalue weighted by Gasteiger charge is 2.42. The molecule has 0 aromatic heterocycles. The van der Waals surface area contributed by atoms with Crippen molar-refractivity contribution in [3.63, 3.8) is 0 Å². The number of alkyl halides is 2. The topological polar surface area (TPSA) is 29.1 Å². The van der Waals surface area contributed by atoms with Crippen LogP contribution in [0.1, 0.15) is 5.56 Å². The summed E-state index contributed by atoms with van der Waals surface area (Å²) in [6.07, 6.45) is 0. The lowest BCUT2D eigenvalue weighted by atomic mass is 10.1. The highest BCUT2D eigenvalue weighted by Crippen LogP contribution is 2.34. The van der Waals surface area contributed by atoms with Crippen LogP contribution < -0.4 is 5.32 Å². The number of carbonyl (C=O) groups excluding carboxylic acids is 1. The van der Waals surface area contributed by atoms with Crippen LogP contribution >= 0.6 is 11.6 Å². The molecule has 19 heavy (non-hydrogen) atoms. The molecular weight excluding hydrogens is 272 g/mol. The third kappa shape index (κ3) is 2.90. The van der Waals surface area contributed by atoms with Gasteiger partial charge in [-0.3, -0.25) is 4.79 Å². The molecule has 98 valence electrons. The van der Waals surface area contributed by atoms with Crippen LogP contribution in [0.3, 0.4) is 0 Å². The van der Waals surface area contributed by atoms with E-state index in [2.05, 4.69) is 5.32 Å². The van der Waals surface area contributed by atoms with Crippen molar-refractivity contribution in [1.29, 1.82) is 0 Å². The Morgan fingerprint density at radius 3 is 2.21 bits per heavy atom. The number of rotatable bonds is 3. The zero-order valence-corrected chi connectivity index (χ0v) is 10.5. The van der Waals surface area contributed by atoms with Crippen LogP contribution in [0, 0.1) is 0 Å². The summed E-state index contributed by atoms with van der Waals surface area (Å²) in [4.78, 5) is 11.7. The van der Waals surface area contributed by atoms with E-state index in [1.165, 1.54) is 30.3 Å². The minimum Gasteiger partial charge on any atom is -0.321 e. The first kappa shape index (κ1) is 13.5. The fourth-order valence-electron chi connectivity index (χ4n) is 1.57. The Kier molecular flexibility index (Phi) is 3.81. The number of amides is 1. The maximum absolute atomic E-state index is 14.0. The van der Waals surface area contributed by atoms with Crippen molar-refractivity contribution in [2.75, 3.05) is 5.32 Å². The van der Waals surface area contributed by atoms with Gasteiger partial charge in [-0.2, -0.15) is 8.78 Å². The molecule has 0 bridgehead atoms. The number of carbonyl (C=O) groups is 1. The monoisotopic (exact) mass is 281 g/mol. The predicted octanol–water partition coefficient (Wildman–Crippen LogP) is 4.07. The second kappa shape index (κ2) is 5.36. The summed E-state index contributed by atoms with van der Waals surface area (Å²) in [5.41, 5.74) is -0.204. The Hall–Kier alpha value is -1.94. The first-order chi connectivity index (χ1) is 9.01. The van der Waals surface area contributed by atoms with Crippen molar-refractivity contribution < 1.29 is 13.6 Å². The molecular formula is C14H10ClF2NO. The highest BCUT2D eigenvalue weighted by atomic mass is 35.5. The third-order valence-corrected chi connectivity index (χ3v) is 2.86. The first-order valence-corrected chi connectivity index (χ1v) is 5.89. The third-order valence-electron chi connectivity index (χ3n) is 2.53. The van der Waals surface area contributed by atoms with Gasteiger partial charge in [-0.15, -0.1) is 0 Å². The lowest BCUT2D eigenvalue weighted by Gasteiger charge is -2.17. The molecule has 0 aliphatic rings. The number of benzene rings is 2. The van der Waals surface area contributed by atoms with E-state index in [4.69, 9.17) is 11.6 Å². The van der Waals surface area contributed by atoms with Crippen molar-refractivity contribution in [1.82, 2.24) is 0 Å². The molecule has 0 spiro atoms. The van der Waals surface area contributed by atoms with Crippen molar-refractivity contribution >= 4 is 23.2 Å². The van der Waals surface area contributed by atoms with E-state index in [0.29, 0.717) is 5.69 Å². The normalized spacial score (nSPS) is 11.1. The quantitative estimate of drug-likeness (QED) is 0.903. The van der Waals surface area contributed by atoms with Crippen LogP contribution in [0.25, 0.3) is 0 Å². The standard InChI is InChI=1S/C14H10ClF2NO/c15-12-9-5-4-8-11(12)14(16,17)13(19)18-10-6-2-1-3-7-10/h1-9H,(H,18,19). The van der Waals surface area contributed by atoms with Crippen LogP contribution in [0.15, 0.2) is 54.6 Å². The van der Waals surface area contributed by atoms with E-state index in [1.54, 1.807) is 18.2 Å². The zero-order valence-electron chi connectivity index (χ0n) is 9.74. The van der Waals surface area contributed by atoms with Crippen LogP contribution in [0.4, 0.5) is 14.5 Å². The molecule has 0 heterocycles. The molecule has 2 nitrogen and oxygen atoms in total. The summed E-state index contributed by atoms with van der Waals surface area (Å²) in [5.74, 6) is -5.10. The number of hydrogen-bond acceptors (Lipinski definition) is 1. The van der Waals surface area contributed by atoms with Gasteiger partial charge in [0.05, 0.1) is 5.02 Å². The summed E-state index contributed by atoms with van der Waals surface area (Å²) < 4.78 is 28.0. The van der Waals surface area contributed by atoms with Gasteiger partial charge in [-0.1, -0.05) is 48.0 Å². The summed E-state index contributed by atoms with van der Waals surface area (Å²) in [7, 11) is 0. The number of hydrogen-bond donors (Lipinski definition) is 1. The number of para-hydroxylation sites is 1. The van der Waals surface area contributed by atoms with Gasteiger partial charge in [0, 0.05) is 11.3 Å². The average Bonchev–Trinajstić information content (AvgIpc) is 2.40. The first-order valence-electron chi connectivity index (χ1n) is 5.51. The summed E-state index contributed by atoms with van der Waals surface area (Å²) in [5, 5.41) is 2.02. The van der Waals surface area contributed by atoms with E-state index in [-0.39, 0.29) is 5.02 Å². The Morgan fingerprint density at radius 2 is 1.58 bits per heavy atom. The molecule has 0 unspecified atom stereocenters. The maximum atomic E-state index is 14.0. The van der Waals surface area contributed by atoms with E-state index in [1.807, 2.05) is 0 Å².